The van der Waals surface area contributed by atoms with Gasteiger partial charge >= 0.3 is 13.7 Å². The fourth-order valence-electron chi connectivity index (χ4n) is 4.46. The molecule has 5 atom stereocenters. The number of carbonyl (C=O) groups is 1. The van der Waals surface area contributed by atoms with Gasteiger partial charge in [0.25, 0.3) is 0 Å². The van der Waals surface area contributed by atoms with Gasteiger partial charge in [0.15, 0.2) is 11.2 Å². The first-order valence-electron chi connectivity index (χ1n) is 14.4. The lowest BCUT2D eigenvalue weighted by Crippen LogP contribution is -2.37. The summed E-state index contributed by atoms with van der Waals surface area (Å²) < 4.78 is 44.5. The number of carbonyl (C=O) groups excluding carboxylic acids is 1. The number of aryl methyl sites for hydroxylation is 1. The minimum Gasteiger partial charge on any atom is -0.479 e. The van der Waals surface area contributed by atoms with Gasteiger partial charge in [-0.1, -0.05) is 59.7 Å². The molecule has 0 radical (unpaired) electrons. The molecule has 238 valence electrons. The molecule has 43 heavy (non-hydrogen) atoms. The number of benzene rings is 1. The van der Waals surface area contributed by atoms with Crippen molar-refractivity contribution in [3.63, 3.8) is 0 Å². The third-order valence-corrected chi connectivity index (χ3v) is 8.00. The normalized spacial score (nSPS) is 20.5. The number of hydrogen-bond acceptors (Lipinski definition) is 11. The van der Waals surface area contributed by atoms with Crippen LogP contribution < -0.4 is 20.1 Å². The Labute approximate surface area is 253 Å². The van der Waals surface area contributed by atoms with Gasteiger partial charge < -0.3 is 24.5 Å². The number of esters is 1. The van der Waals surface area contributed by atoms with Crippen LogP contribution in [0.5, 0.6) is 11.6 Å². The molecule has 3 N–H and O–H groups in total. The zero-order valence-electron chi connectivity index (χ0n) is 26.5. The number of nitrogens with zero attached hydrogens (tertiary/aromatic N) is 4. The van der Waals surface area contributed by atoms with Crippen molar-refractivity contribution in [2.24, 2.45) is 11.3 Å². The quantitative estimate of drug-likeness (QED) is 0.206. The number of nitrogens with two attached hydrogens (primary N) is 1. The molecule has 1 saturated heterocycles. The van der Waals surface area contributed by atoms with Crippen LogP contribution in [0.25, 0.3) is 11.2 Å². The molecule has 0 amide bonds. The molecule has 4 rings (SSSR count). The highest BCUT2D eigenvalue weighted by atomic mass is 31.2. The van der Waals surface area contributed by atoms with Crippen LogP contribution >= 0.6 is 7.75 Å². The number of para-hydroxylation sites is 1. The maximum absolute atomic E-state index is 13.9. The molecule has 3 heterocycles. The summed E-state index contributed by atoms with van der Waals surface area (Å²) in [5, 5.41) is 2.73. The highest BCUT2D eigenvalue weighted by Gasteiger charge is 2.39. The van der Waals surface area contributed by atoms with Crippen molar-refractivity contribution in [2.45, 2.75) is 80.2 Å². The zero-order valence-corrected chi connectivity index (χ0v) is 27.4. The van der Waals surface area contributed by atoms with Crippen LogP contribution in [0.15, 0.2) is 30.3 Å². The summed E-state index contributed by atoms with van der Waals surface area (Å²) in [5.74, 6) is 0.769. The van der Waals surface area contributed by atoms with E-state index in [4.69, 9.17) is 29.0 Å². The van der Waals surface area contributed by atoms with Crippen LogP contribution in [0, 0.1) is 18.3 Å². The van der Waals surface area contributed by atoms with E-state index >= 15 is 0 Å². The molecule has 1 aromatic carbocycles. The van der Waals surface area contributed by atoms with Crippen molar-refractivity contribution in [3.05, 3.63) is 36.2 Å². The summed E-state index contributed by atoms with van der Waals surface area (Å²) in [6, 6.07) is 7.65. The second-order valence-electron chi connectivity index (χ2n) is 11.4. The van der Waals surface area contributed by atoms with Crippen LogP contribution in [-0.2, 0) is 23.4 Å². The summed E-state index contributed by atoms with van der Waals surface area (Å²) >= 11 is 0. The third kappa shape index (κ3) is 8.88. The predicted molar refractivity (Wildman–Crippen MR) is 164 cm³/mol. The molecule has 1 aliphatic rings. The van der Waals surface area contributed by atoms with Crippen LogP contribution in [0.3, 0.4) is 0 Å². The minimum atomic E-state index is -4.04. The van der Waals surface area contributed by atoms with Crippen LogP contribution in [0.1, 0.15) is 66.9 Å². The summed E-state index contributed by atoms with van der Waals surface area (Å²) in [6.45, 7) is 15.4. The van der Waals surface area contributed by atoms with E-state index < -0.39 is 32.1 Å². The Kier molecular flexibility index (Phi) is 11.5. The fraction of sp³-hybridized carbons (Fsp3) is 0.586. The Bertz CT molecular complexity index is 1410. The molecule has 4 unspecified atom stereocenters. The molecule has 13 nitrogen and oxygen atoms in total. The summed E-state index contributed by atoms with van der Waals surface area (Å²) in [4.78, 5) is 25.7. The summed E-state index contributed by atoms with van der Waals surface area (Å²) in [5.41, 5.74) is 6.66. The Balaban J connectivity index is 0.00000248. The third-order valence-electron chi connectivity index (χ3n) is 6.35. The van der Waals surface area contributed by atoms with E-state index in [9.17, 15) is 9.36 Å². The van der Waals surface area contributed by atoms with E-state index in [1.807, 2.05) is 59.1 Å². The lowest BCUT2D eigenvalue weighted by molar-refractivity contribution is -0.148. The molecular weight excluding hydrogens is 575 g/mol. The summed E-state index contributed by atoms with van der Waals surface area (Å²) in [6.07, 6.45) is -0.289. The Morgan fingerprint density at radius 2 is 1.88 bits per heavy atom. The van der Waals surface area contributed by atoms with Crippen molar-refractivity contribution in [3.8, 4) is 11.6 Å². The van der Waals surface area contributed by atoms with Gasteiger partial charge in [-0.3, -0.25) is 13.9 Å². The van der Waals surface area contributed by atoms with Gasteiger partial charge in [-0.15, -0.1) is 0 Å². The van der Waals surface area contributed by atoms with Gasteiger partial charge in [0.05, 0.1) is 26.4 Å². The van der Waals surface area contributed by atoms with E-state index in [0.29, 0.717) is 29.2 Å². The molecule has 3 aromatic rings. The first-order chi connectivity index (χ1) is 20.3. The van der Waals surface area contributed by atoms with Crippen molar-refractivity contribution < 1.29 is 32.6 Å². The lowest BCUT2D eigenvalue weighted by atomic mass is 9.99. The van der Waals surface area contributed by atoms with E-state index in [-0.39, 0.29) is 36.4 Å². The first kappa shape index (κ1) is 34.2. The number of nitrogen functional groups attached to an aromatic ring is 1. The fourth-order valence-corrected chi connectivity index (χ4v) is 5.98. The monoisotopic (exact) mass is 620 g/mol. The zero-order chi connectivity index (χ0) is 31.9. The van der Waals surface area contributed by atoms with Gasteiger partial charge in [-0.05, 0) is 37.8 Å². The van der Waals surface area contributed by atoms with Crippen LogP contribution in [-0.4, -0.2) is 58.0 Å². The number of rotatable bonds is 11. The maximum atomic E-state index is 13.9. The van der Waals surface area contributed by atoms with E-state index in [2.05, 4.69) is 20.0 Å². The van der Waals surface area contributed by atoms with Crippen molar-refractivity contribution in [1.29, 1.82) is 0 Å². The average molecular weight is 621 g/mol. The Morgan fingerprint density at radius 3 is 2.51 bits per heavy atom. The van der Waals surface area contributed by atoms with E-state index in [1.54, 1.807) is 31.2 Å². The van der Waals surface area contributed by atoms with Gasteiger partial charge in [0, 0.05) is 5.92 Å². The number of aromatic nitrogens is 4. The van der Waals surface area contributed by atoms with Crippen molar-refractivity contribution in [1.82, 2.24) is 24.6 Å². The van der Waals surface area contributed by atoms with Gasteiger partial charge in [0.1, 0.15) is 23.8 Å². The highest BCUT2D eigenvalue weighted by Crippen LogP contribution is 2.46. The Morgan fingerprint density at radius 1 is 1.21 bits per heavy atom. The molecule has 2 aromatic heterocycles. The maximum Gasteiger partial charge on any atom is 0.459 e. The second kappa shape index (κ2) is 14.5. The number of imidazole rings is 1. The van der Waals surface area contributed by atoms with Crippen molar-refractivity contribution in [2.75, 3.05) is 26.1 Å². The number of fused-ring (bicyclic) bond motifs is 1. The van der Waals surface area contributed by atoms with E-state index in [1.165, 1.54) is 7.11 Å². The minimum absolute atomic E-state index is 0.0237. The van der Waals surface area contributed by atoms with E-state index in [0.717, 1.165) is 0 Å². The van der Waals surface area contributed by atoms with Gasteiger partial charge in [0.2, 0.25) is 11.8 Å². The van der Waals surface area contributed by atoms with Crippen molar-refractivity contribution >= 4 is 30.8 Å². The smallest absolute Gasteiger partial charge is 0.459 e. The first-order valence-corrected chi connectivity index (χ1v) is 16.0. The highest BCUT2D eigenvalue weighted by molar-refractivity contribution is 7.52. The molecule has 0 saturated carbocycles. The molecule has 0 spiro atoms. The molecule has 1 aliphatic heterocycles. The van der Waals surface area contributed by atoms with Gasteiger partial charge in [-0.25, -0.2) is 9.55 Å². The Hall–Kier alpha value is -3.25. The molecule has 0 aliphatic carbocycles. The second-order valence-corrected chi connectivity index (χ2v) is 13.1. The topological polar surface area (TPSA) is 162 Å². The molecule has 0 bridgehead atoms. The predicted octanol–water partition coefficient (Wildman–Crippen LogP) is 5.45. The molecule has 14 heteroatoms. The number of hydrogen-bond donors (Lipinski definition) is 2. The SMILES string of the molecule is CC.COc1nc(N)nc2c1nc(C)n2C1OC(COP(=O)(NC(C)C(=O)OCC(C)(C)C)Oc2ccccc2)C[C@@H]1C. The number of anilines is 1. The number of methoxy groups -OCH3 is 1. The molecular formula is C29H45N6O7P. The van der Waals surface area contributed by atoms with Gasteiger partial charge in [-0.2, -0.15) is 15.1 Å². The number of nitrogens with one attached hydrogen (secondary N) is 1. The van der Waals surface area contributed by atoms with Crippen LogP contribution in [0.4, 0.5) is 5.95 Å². The largest absolute Gasteiger partial charge is 0.479 e. The summed E-state index contributed by atoms with van der Waals surface area (Å²) in [7, 11) is -2.54. The standard InChI is InChI=1S/C27H39N6O7P.C2H6/c1-16-13-20(39-24(16)33-18(3)29-21-22(33)30-26(28)31-23(21)36-7)14-38-41(35,40-19-11-9-8-10-12-19)32-17(2)25(34)37-15-27(4,5)6;1-2/h8-12,16-17,20,24H,13-15H2,1-7H3,(H,32,35)(H2,28,30,31);1-2H3/t16-,17?,20?,24?,41?;/m0./s1. The van der Waals surface area contributed by atoms with Crippen LogP contribution in [0.2, 0.25) is 0 Å². The average Bonchev–Trinajstić information content (AvgIpc) is 3.48. The molecule has 1 fully saturated rings. The number of ether oxygens (including phenoxy) is 3. The lowest BCUT2D eigenvalue weighted by Gasteiger charge is -2.25.